The number of rotatable bonds is 7. The standard InChI is InChI=1S/C25H25N3O5S/c1-16-5-6-17(2)21(13-16)34-20-10-8-19(9-11-20)26-22(29)15-33-23(30)12-7-18-14-27(3)25(32)28(4)24(18)31/h5-14H,15H2,1-4H3,(H,26,29)/b12-7+. The molecule has 176 valence electrons. The number of anilines is 1. The van der Waals surface area contributed by atoms with Gasteiger partial charge in [-0.1, -0.05) is 23.9 Å². The Morgan fingerprint density at radius 2 is 1.76 bits per heavy atom. The van der Waals surface area contributed by atoms with Crippen LogP contribution in [0.2, 0.25) is 0 Å². The maximum atomic E-state index is 12.1. The Kier molecular flexibility index (Phi) is 7.91. The largest absolute Gasteiger partial charge is 0.452 e. The molecule has 9 heteroatoms. The van der Waals surface area contributed by atoms with Gasteiger partial charge in [0.1, 0.15) is 0 Å². The molecule has 1 heterocycles. The van der Waals surface area contributed by atoms with Crippen LogP contribution in [0, 0.1) is 13.8 Å². The average molecular weight is 480 g/mol. The second-order valence-electron chi connectivity index (χ2n) is 7.73. The Balaban J connectivity index is 1.52. The van der Waals surface area contributed by atoms with Crippen LogP contribution in [0.25, 0.3) is 6.08 Å². The van der Waals surface area contributed by atoms with Crippen LogP contribution in [0.15, 0.2) is 74.1 Å². The first kappa shape index (κ1) is 24.8. The molecule has 0 atom stereocenters. The summed E-state index contributed by atoms with van der Waals surface area (Å²) >= 11 is 1.64. The van der Waals surface area contributed by atoms with Gasteiger partial charge in [0.15, 0.2) is 6.61 Å². The van der Waals surface area contributed by atoms with Crippen molar-refractivity contribution in [2.75, 3.05) is 11.9 Å². The van der Waals surface area contributed by atoms with Crippen molar-refractivity contribution in [2.45, 2.75) is 23.6 Å². The molecule has 0 fully saturated rings. The predicted molar refractivity (Wildman–Crippen MR) is 132 cm³/mol. The van der Waals surface area contributed by atoms with Crippen LogP contribution >= 0.6 is 11.8 Å². The molecule has 0 aliphatic carbocycles. The maximum absolute atomic E-state index is 12.1. The third-order valence-corrected chi connectivity index (χ3v) is 6.09. The Morgan fingerprint density at radius 1 is 1.06 bits per heavy atom. The molecule has 0 aliphatic rings. The molecule has 8 nitrogen and oxygen atoms in total. The van der Waals surface area contributed by atoms with E-state index in [-0.39, 0.29) is 5.56 Å². The zero-order valence-corrected chi connectivity index (χ0v) is 20.1. The third kappa shape index (κ3) is 6.35. The fourth-order valence-corrected chi connectivity index (χ4v) is 4.04. The Labute approximate surface area is 200 Å². The molecule has 0 aliphatic heterocycles. The summed E-state index contributed by atoms with van der Waals surface area (Å²) in [7, 11) is 2.84. The van der Waals surface area contributed by atoms with Crippen molar-refractivity contribution in [1.82, 2.24) is 9.13 Å². The van der Waals surface area contributed by atoms with Gasteiger partial charge in [-0.3, -0.25) is 14.2 Å². The molecule has 3 aromatic rings. The lowest BCUT2D eigenvalue weighted by atomic mass is 10.2. The first-order chi connectivity index (χ1) is 16.1. The van der Waals surface area contributed by atoms with Gasteiger partial charge in [-0.15, -0.1) is 0 Å². The van der Waals surface area contributed by atoms with E-state index in [1.165, 1.54) is 47.0 Å². The highest BCUT2D eigenvalue weighted by atomic mass is 32.2. The summed E-state index contributed by atoms with van der Waals surface area (Å²) in [4.78, 5) is 50.0. The number of carbonyl (C=O) groups is 2. The molecule has 0 radical (unpaired) electrons. The van der Waals surface area contributed by atoms with Gasteiger partial charge in [0.2, 0.25) is 0 Å². The van der Waals surface area contributed by atoms with E-state index in [1.54, 1.807) is 23.9 Å². The summed E-state index contributed by atoms with van der Waals surface area (Å²) in [6, 6.07) is 13.7. The number of nitrogens with zero attached hydrogens (tertiary/aromatic N) is 2. The van der Waals surface area contributed by atoms with Crippen molar-refractivity contribution in [2.24, 2.45) is 14.1 Å². The van der Waals surface area contributed by atoms with Crippen LogP contribution in [-0.2, 0) is 28.4 Å². The van der Waals surface area contributed by atoms with E-state index in [1.807, 2.05) is 12.1 Å². The highest BCUT2D eigenvalue weighted by Gasteiger charge is 2.08. The van der Waals surface area contributed by atoms with Crippen molar-refractivity contribution >= 4 is 35.4 Å². The smallest absolute Gasteiger partial charge is 0.331 e. The molecule has 2 aromatic carbocycles. The molecule has 3 rings (SSSR count). The number of amides is 1. The van der Waals surface area contributed by atoms with E-state index < -0.39 is 29.7 Å². The van der Waals surface area contributed by atoms with Gasteiger partial charge in [-0.2, -0.15) is 0 Å². The molecule has 1 aromatic heterocycles. The SMILES string of the molecule is Cc1ccc(C)c(Sc2ccc(NC(=O)COC(=O)/C=C/c3cn(C)c(=O)n(C)c3=O)cc2)c1. The number of esters is 1. The van der Waals surface area contributed by atoms with Gasteiger partial charge in [0.05, 0.1) is 5.56 Å². The molecule has 1 N–H and O–H groups in total. The number of benzene rings is 2. The zero-order valence-electron chi connectivity index (χ0n) is 19.3. The van der Waals surface area contributed by atoms with E-state index in [4.69, 9.17) is 4.74 Å². The van der Waals surface area contributed by atoms with Crippen molar-refractivity contribution in [3.05, 3.63) is 92.3 Å². The molecule has 0 bridgehead atoms. The second-order valence-corrected chi connectivity index (χ2v) is 8.84. The number of ether oxygens (including phenoxy) is 1. The summed E-state index contributed by atoms with van der Waals surface area (Å²) in [5.74, 6) is -1.28. The number of hydrogen-bond acceptors (Lipinski definition) is 6. The molecule has 0 saturated carbocycles. The van der Waals surface area contributed by atoms with Gasteiger partial charge in [0, 0.05) is 41.8 Å². The van der Waals surface area contributed by atoms with Gasteiger partial charge in [0.25, 0.3) is 11.5 Å². The van der Waals surface area contributed by atoms with Crippen LogP contribution in [0.1, 0.15) is 16.7 Å². The average Bonchev–Trinajstić information content (AvgIpc) is 2.81. The van der Waals surface area contributed by atoms with Crippen LogP contribution in [0.5, 0.6) is 0 Å². The van der Waals surface area contributed by atoms with Gasteiger partial charge < -0.3 is 14.6 Å². The van der Waals surface area contributed by atoms with Crippen molar-refractivity contribution in [1.29, 1.82) is 0 Å². The quantitative estimate of drug-likeness (QED) is 0.413. The lowest BCUT2D eigenvalue weighted by molar-refractivity contribution is -0.142. The number of aromatic nitrogens is 2. The molecule has 1 amide bonds. The van der Waals surface area contributed by atoms with E-state index in [2.05, 4.69) is 37.4 Å². The molecule has 34 heavy (non-hydrogen) atoms. The summed E-state index contributed by atoms with van der Waals surface area (Å²) in [5.41, 5.74) is 2.10. The van der Waals surface area contributed by atoms with E-state index in [9.17, 15) is 19.2 Å². The van der Waals surface area contributed by atoms with Gasteiger partial charge in [-0.25, -0.2) is 9.59 Å². The van der Waals surface area contributed by atoms with Crippen LogP contribution in [-0.4, -0.2) is 27.6 Å². The normalized spacial score (nSPS) is 10.9. The highest BCUT2D eigenvalue weighted by molar-refractivity contribution is 7.99. The van der Waals surface area contributed by atoms with Crippen LogP contribution in [0.3, 0.4) is 0 Å². The van der Waals surface area contributed by atoms with Crippen LogP contribution < -0.4 is 16.6 Å². The minimum absolute atomic E-state index is 0.143. The first-order valence-electron chi connectivity index (χ1n) is 10.4. The Morgan fingerprint density at radius 3 is 2.47 bits per heavy atom. The first-order valence-corrected chi connectivity index (χ1v) is 11.2. The maximum Gasteiger partial charge on any atom is 0.331 e. The summed E-state index contributed by atoms with van der Waals surface area (Å²) in [6.45, 7) is 3.64. The van der Waals surface area contributed by atoms with Crippen molar-refractivity contribution in [3.63, 3.8) is 0 Å². The lowest BCUT2D eigenvalue weighted by Gasteiger charge is -2.09. The minimum atomic E-state index is -0.786. The summed E-state index contributed by atoms with van der Waals surface area (Å²) in [6.07, 6.45) is 3.60. The lowest BCUT2D eigenvalue weighted by Crippen LogP contribution is -2.37. The highest BCUT2D eigenvalue weighted by Crippen LogP contribution is 2.31. The minimum Gasteiger partial charge on any atom is -0.452 e. The summed E-state index contributed by atoms with van der Waals surface area (Å²) in [5, 5.41) is 2.67. The molecule has 0 spiro atoms. The molecule has 0 saturated heterocycles. The van der Waals surface area contributed by atoms with Crippen LogP contribution in [0.4, 0.5) is 5.69 Å². The fraction of sp³-hybridized carbons (Fsp3) is 0.200. The zero-order chi connectivity index (χ0) is 24.8. The summed E-state index contributed by atoms with van der Waals surface area (Å²) < 4.78 is 7.09. The third-order valence-electron chi connectivity index (χ3n) is 4.93. The van der Waals surface area contributed by atoms with E-state index in [0.29, 0.717) is 5.69 Å². The predicted octanol–water partition coefficient (Wildman–Crippen LogP) is 3.05. The van der Waals surface area contributed by atoms with Crippen molar-refractivity contribution < 1.29 is 14.3 Å². The number of carbonyl (C=O) groups excluding carboxylic acids is 2. The topological polar surface area (TPSA) is 99.4 Å². The van der Waals surface area contributed by atoms with Crippen molar-refractivity contribution in [3.8, 4) is 0 Å². The second kappa shape index (κ2) is 10.8. The Hall–Kier alpha value is -3.85. The number of aryl methyl sites for hydroxylation is 3. The Bertz CT molecular complexity index is 1370. The number of hydrogen-bond donors (Lipinski definition) is 1. The van der Waals surface area contributed by atoms with Gasteiger partial charge in [-0.05, 0) is 61.4 Å². The fourth-order valence-electron chi connectivity index (χ4n) is 3.04. The molecule has 0 unspecified atom stereocenters. The number of nitrogens with one attached hydrogen (secondary N) is 1. The molecular weight excluding hydrogens is 454 g/mol. The van der Waals surface area contributed by atoms with E-state index in [0.717, 1.165) is 15.5 Å². The van der Waals surface area contributed by atoms with Gasteiger partial charge >= 0.3 is 11.7 Å². The monoisotopic (exact) mass is 479 g/mol. The molecular formula is C25H25N3O5S. The van der Waals surface area contributed by atoms with E-state index >= 15 is 0 Å².